The molecule has 3 N–H and O–H groups in total. The van der Waals surface area contributed by atoms with Crippen LogP contribution in [0.25, 0.3) is 32.9 Å². The van der Waals surface area contributed by atoms with Crippen LogP contribution < -0.4 is 11.1 Å². The van der Waals surface area contributed by atoms with Crippen LogP contribution in [0.3, 0.4) is 0 Å². The molecule has 14 heteroatoms. The molecule has 0 spiro atoms. The first kappa shape index (κ1) is 28.5. The normalized spacial score (nSPS) is 20.1. The van der Waals surface area contributed by atoms with E-state index in [1.807, 2.05) is 16.8 Å². The van der Waals surface area contributed by atoms with Gasteiger partial charge in [0.15, 0.2) is 11.9 Å². The molecule has 2 aliphatic rings. The highest BCUT2D eigenvalue weighted by molar-refractivity contribution is 6.05. The molecule has 3 amide bonds. The Kier molecular flexibility index (Phi) is 7.41. The number of alkyl halides is 1. The first-order chi connectivity index (χ1) is 21.9. The van der Waals surface area contributed by atoms with Crippen molar-refractivity contribution in [2.75, 3.05) is 18.5 Å². The summed E-state index contributed by atoms with van der Waals surface area (Å²) in [7, 11) is 0. The number of hydrogen-bond acceptors (Lipinski definition) is 8. The molecule has 0 bridgehead atoms. The van der Waals surface area contributed by atoms with E-state index in [-0.39, 0.29) is 31.4 Å². The number of fused-ring (bicyclic) bond motifs is 2. The number of nitrogens with zero attached hydrogens (tertiary/aromatic N) is 7. The second-order valence-corrected chi connectivity index (χ2v) is 11.3. The standard InChI is InChI=1S/C31H30FN9O4/c32-21-12-26(31(44)37-22-6-4-20-15-36-41(25(20)13-22)28-3-1-2-10-45-28)39(16-21)27(42)17-40-24-7-5-18(19-8-9-34-35-14-19)11-23(24)29(38-40)30(33)43/h4-9,11,13-15,21,26,28H,1-3,10,12,16-17H2,(H2,33,43)(H,37,44). The number of anilines is 1. The van der Waals surface area contributed by atoms with Crippen molar-refractivity contribution >= 4 is 45.2 Å². The second kappa shape index (κ2) is 11.7. The number of amides is 3. The minimum absolute atomic E-state index is 0.00555. The maximum absolute atomic E-state index is 14.7. The molecule has 3 aromatic heterocycles. The molecule has 5 aromatic rings. The largest absolute Gasteiger partial charge is 0.364 e. The van der Waals surface area contributed by atoms with Gasteiger partial charge in [0.1, 0.15) is 18.8 Å². The lowest BCUT2D eigenvalue weighted by molar-refractivity contribution is -0.137. The molecule has 230 valence electrons. The van der Waals surface area contributed by atoms with E-state index < -0.39 is 29.9 Å². The van der Waals surface area contributed by atoms with Crippen LogP contribution in [0, 0.1) is 0 Å². The number of carbonyl (C=O) groups excluding carboxylic acids is 3. The number of halogens is 1. The molecule has 45 heavy (non-hydrogen) atoms. The highest BCUT2D eigenvalue weighted by Crippen LogP contribution is 2.30. The van der Waals surface area contributed by atoms with E-state index in [9.17, 15) is 18.8 Å². The topological polar surface area (TPSA) is 163 Å². The smallest absolute Gasteiger partial charge is 0.269 e. The number of primary amides is 1. The summed E-state index contributed by atoms with van der Waals surface area (Å²) < 4.78 is 23.8. The third-order valence-electron chi connectivity index (χ3n) is 8.35. The van der Waals surface area contributed by atoms with Crippen LogP contribution >= 0.6 is 0 Å². The zero-order valence-corrected chi connectivity index (χ0v) is 24.2. The summed E-state index contributed by atoms with van der Waals surface area (Å²) in [5.74, 6) is -1.77. The van der Waals surface area contributed by atoms with Gasteiger partial charge in [-0.1, -0.05) is 6.07 Å². The third-order valence-corrected chi connectivity index (χ3v) is 8.35. The van der Waals surface area contributed by atoms with Gasteiger partial charge >= 0.3 is 0 Å². The van der Waals surface area contributed by atoms with E-state index >= 15 is 0 Å². The second-order valence-electron chi connectivity index (χ2n) is 11.3. The van der Waals surface area contributed by atoms with E-state index in [1.165, 1.54) is 9.58 Å². The Bertz CT molecular complexity index is 1920. The molecule has 0 radical (unpaired) electrons. The molecule has 13 nitrogen and oxygen atoms in total. The first-order valence-corrected chi connectivity index (χ1v) is 14.8. The Morgan fingerprint density at radius 2 is 1.91 bits per heavy atom. The fourth-order valence-corrected chi connectivity index (χ4v) is 6.14. The van der Waals surface area contributed by atoms with Crippen molar-refractivity contribution in [2.45, 2.75) is 50.7 Å². The molecule has 7 rings (SSSR count). The van der Waals surface area contributed by atoms with Gasteiger partial charge in [-0.05, 0) is 61.2 Å². The van der Waals surface area contributed by atoms with Gasteiger partial charge in [-0.2, -0.15) is 20.4 Å². The molecule has 5 heterocycles. The lowest BCUT2D eigenvalue weighted by Gasteiger charge is -2.24. The van der Waals surface area contributed by atoms with Crippen molar-refractivity contribution in [3.05, 3.63) is 66.7 Å². The number of likely N-dealkylation sites (tertiary alicyclic amines) is 1. The zero-order chi connectivity index (χ0) is 31.1. The molecule has 0 saturated carbocycles. The van der Waals surface area contributed by atoms with Crippen molar-refractivity contribution < 1.29 is 23.5 Å². The number of ether oxygens (including phenoxy) is 1. The zero-order valence-electron chi connectivity index (χ0n) is 24.2. The summed E-state index contributed by atoms with van der Waals surface area (Å²) in [5.41, 5.74) is 8.95. The number of benzene rings is 2. The van der Waals surface area contributed by atoms with Crippen molar-refractivity contribution in [2.24, 2.45) is 5.73 Å². The predicted molar refractivity (Wildman–Crippen MR) is 161 cm³/mol. The van der Waals surface area contributed by atoms with Crippen molar-refractivity contribution in [1.82, 2.24) is 34.7 Å². The van der Waals surface area contributed by atoms with Crippen LogP contribution in [0.1, 0.15) is 42.4 Å². The molecule has 3 atom stereocenters. The molecule has 2 aliphatic heterocycles. The maximum Gasteiger partial charge on any atom is 0.269 e. The Labute approximate surface area is 256 Å². The monoisotopic (exact) mass is 611 g/mol. The van der Waals surface area contributed by atoms with Crippen LogP contribution in [0.5, 0.6) is 0 Å². The lowest BCUT2D eigenvalue weighted by atomic mass is 10.0. The number of aromatic nitrogens is 6. The number of hydrogen-bond donors (Lipinski definition) is 2. The molecule has 3 unspecified atom stereocenters. The highest BCUT2D eigenvalue weighted by Gasteiger charge is 2.40. The SMILES string of the molecule is NC(=O)c1nn(CC(=O)N2CC(F)CC2C(=O)Nc2ccc3cnn(C4CCCCO4)c3c2)c2ccc(-c3ccnnc3)cc12. The summed E-state index contributed by atoms with van der Waals surface area (Å²) in [6, 6.07) is 11.4. The van der Waals surface area contributed by atoms with Gasteiger partial charge in [0, 0.05) is 35.1 Å². The van der Waals surface area contributed by atoms with Gasteiger partial charge < -0.3 is 20.7 Å². The van der Waals surface area contributed by atoms with E-state index in [2.05, 4.69) is 25.7 Å². The quantitative estimate of drug-likeness (QED) is 0.283. The van der Waals surface area contributed by atoms with Gasteiger partial charge in [-0.3, -0.25) is 19.1 Å². The molecule has 2 aromatic carbocycles. The summed E-state index contributed by atoms with van der Waals surface area (Å²) in [6.45, 7) is 0.118. The number of rotatable bonds is 7. The molecule has 2 fully saturated rings. The van der Waals surface area contributed by atoms with E-state index in [1.54, 1.807) is 48.9 Å². The Morgan fingerprint density at radius 1 is 1.02 bits per heavy atom. The molecule has 2 saturated heterocycles. The van der Waals surface area contributed by atoms with Gasteiger partial charge in [-0.15, -0.1) is 0 Å². The number of nitrogens with two attached hydrogens (primary N) is 1. The van der Waals surface area contributed by atoms with Gasteiger partial charge in [0.25, 0.3) is 5.91 Å². The first-order valence-electron chi connectivity index (χ1n) is 14.8. The van der Waals surface area contributed by atoms with Crippen LogP contribution in [0.15, 0.2) is 61.1 Å². The fourth-order valence-electron chi connectivity index (χ4n) is 6.14. The van der Waals surface area contributed by atoms with Crippen LogP contribution in [0.4, 0.5) is 10.1 Å². The average molecular weight is 612 g/mol. The fraction of sp³-hybridized carbons (Fsp3) is 0.323. The van der Waals surface area contributed by atoms with E-state index in [4.69, 9.17) is 10.5 Å². The summed E-state index contributed by atoms with van der Waals surface area (Å²) >= 11 is 0. The molecular formula is C31H30FN9O4. The minimum Gasteiger partial charge on any atom is -0.364 e. The van der Waals surface area contributed by atoms with Crippen molar-refractivity contribution in [3.63, 3.8) is 0 Å². The van der Waals surface area contributed by atoms with Crippen molar-refractivity contribution in [1.29, 1.82) is 0 Å². The number of nitrogens with one attached hydrogen (secondary N) is 1. The van der Waals surface area contributed by atoms with Crippen LogP contribution in [-0.2, 0) is 20.9 Å². The third kappa shape index (κ3) is 5.48. The lowest BCUT2D eigenvalue weighted by Crippen LogP contribution is -2.44. The predicted octanol–water partition coefficient (Wildman–Crippen LogP) is 3.22. The van der Waals surface area contributed by atoms with Gasteiger partial charge in [0.2, 0.25) is 11.8 Å². The molecule has 0 aliphatic carbocycles. The number of carbonyl (C=O) groups is 3. The Morgan fingerprint density at radius 3 is 2.69 bits per heavy atom. The van der Waals surface area contributed by atoms with E-state index in [0.717, 1.165) is 41.3 Å². The van der Waals surface area contributed by atoms with Gasteiger partial charge in [-0.25, -0.2) is 9.07 Å². The minimum atomic E-state index is -1.37. The summed E-state index contributed by atoms with van der Waals surface area (Å²) in [4.78, 5) is 40.5. The average Bonchev–Trinajstić information content (AvgIpc) is 3.76. The maximum atomic E-state index is 14.7. The van der Waals surface area contributed by atoms with E-state index in [0.29, 0.717) is 23.2 Å². The molecular weight excluding hydrogens is 581 g/mol. The Balaban J connectivity index is 1.11. The Hall–Kier alpha value is -5.24. The summed E-state index contributed by atoms with van der Waals surface area (Å²) in [5, 5.41) is 20.7. The van der Waals surface area contributed by atoms with Crippen molar-refractivity contribution in [3.8, 4) is 11.1 Å². The van der Waals surface area contributed by atoms with Gasteiger partial charge in [0.05, 0.1) is 36.2 Å². The summed E-state index contributed by atoms with van der Waals surface area (Å²) in [6.07, 6.45) is 6.11. The van der Waals surface area contributed by atoms with Crippen LogP contribution in [0.2, 0.25) is 0 Å². The van der Waals surface area contributed by atoms with Crippen LogP contribution in [-0.4, -0.2) is 77.7 Å². The highest BCUT2D eigenvalue weighted by atomic mass is 19.1.